The number of rotatable bonds is 6. The first-order chi connectivity index (χ1) is 8.79. The van der Waals surface area contributed by atoms with Gasteiger partial charge in [0.25, 0.3) is 0 Å². The summed E-state index contributed by atoms with van der Waals surface area (Å²) in [4.78, 5) is 8.23. The zero-order valence-corrected chi connectivity index (χ0v) is 10.9. The largest absolute Gasteiger partial charge is 0.478 e. The van der Waals surface area contributed by atoms with E-state index in [1.54, 1.807) is 23.6 Å². The number of ether oxygens (including phenoxy) is 1. The van der Waals surface area contributed by atoms with Gasteiger partial charge < -0.3 is 15.2 Å². The van der Waals surface area contributed by atoms with Crippen LogP contribution in [0.1, 0.15) is 18.6 Å². The van der Waals surface area contributed by atoms with Crippen LogP contribution in [0.4, 0.5) is 5.95 Å². The highest BCUT2D eigenvalue weighted by molar-refractivity contribution is 7.07. The molecule has 0 radical (unpaired) electrons. The zero-order valence-electron chi connectivity index (χ0n) is 10.0. The molecule has 0 fully saturated rings. The molecule has 0 spiro atoms. The Hall–Kier alpha value is -1.66. The number of aliphatic hydroxyl groups is 1. The first kappa shape index (κ1) is 12.8. The van der Waals surface area contributed by atoms with Crippen molar-refractivity contribution in [1.82, 2.24) is 9.97 Å². The molecule has 2 N–H and O–H groups in total. The summed E-state index contributed by atoms with van der Waals surface area (Å²) < 4.78 is 5.27. The van der Waals surface area contributed by atoms with Gasteiger partial charge in [0.15, 0.2) is 0 Å². The molecule has 0 aromatic carbocycles. The molecule has 2 aromatic heterocycles. The van der Waals surface area contributed by atoms with Gasteiger partial charge in [0.1, 0.15) is 0 Å². The van der Waals surface area contributed by atoms with Gasteiger partial charge >= 0.3 is 0 Å². The topological polar surface area (TPSA) is 67.3 Å². The van der Waals surface area contributed by atoms with E-state index in [4.69, 9.17) is 4.74 Å². The normalized spacial score (nSPS) is 12.1. The maximum absolute atomic E-state index is 9.90. The van der Waals surface area contributed by atoms with Crippen molar-refractivity contribution in [2.24, 2.45) is 0 Å². The fourth-order valence-electron chi connectivity index (χ4n) is 1.43. The van der Waals surface area contributed by atoms with Crippen molar-refractivity contribution in [1.29, 1.82) is 0 Å². The number of nitrogens with zero attached hydrogens (tertiary/aromatic N) is 2. The lowest BCUT2D eigenvalue weighted by molar-refractivity contribution is 0.192. The minimum atomic E-state index is -0.560. The molecular formula is C12H15N3O2S. The third-order valence-corrected chi connectivity index (χ3v) is 3.01. The average Bonchev–Trinajstić information content (AvgIpc) is 2.91. The van der Waals surface area contributed by atoms with Crippen LogP contribution in [-0.4, -0.2) is 28.2 Å². The molecule has 2 rings (SSSR count). The Morgan fingerprint density at radius 2 is 2.39 bits per heavy atom. The van der Waals surface area contributed by atoms with E-state index in [2.05, 4.69) is 15.3 Å². The van der Waals surface area contributed by atoms with E-state index in [1.165, 1.54) is 0 Å². The Labute approximate surface area is 109 Å². The monoisotopic (exact) mass is 265 g/mol. The number of hydrogen-bond donors (Lipinski definition) is 2. The lowest BCUT2D eigenvalue weighted by Gasteiger charge is -2.10. The van der Waals surface area contributed by atoms with Crippen LogP contribution < -0.4 is 10.1 Å². The third-order valence-electron chi connectivity index (χ3n) is 2.30. The van der Waals surface area contributed by atoms with E-state index >= 15 is 0 Å². The van der Waals surface area contributed by atoms with Crippen LogP contribution in [0.25, 0.3) is 0 Å². The second-order valence-electron chi connectivity index (χ2n) is 3.60. The minimum Gasteiger partial charge on any atom is -0.478 e. The van der Waals surface area contributed by atoms with E-state index in [1.807, 2.05) is 23.8 Å². The maximum Gasteiger partial charge on any atom is 0.226 e. The van der Waals surface area contributed by atoms with Crippen molar-refractivity contribution in [3.05, 3.63) is 34.7 Å². The maximum atomic E-state index is 9.90. The fraction of sp³-hybridized carbons (Fsp3) is 0.333. The summed E-state index contributed by atoms with van der Waals surface area (Å²) in [5.74, 6) is 0.982. The second-order valence-corrected chi connectivity index (χ2v) is 4.38. The lowest BCUT2D eigenvalue weighted by Crippen LogP contribution is -2.13. The number of nitrogens with one attached hydrogen (secondary N) is 1. The predicted octanol–water partition coefficient (Wildman–Crippen LogP) is 2.08. The molecule has 18 heavy (non-hydrogen) atoms. The Bertz CT molecular complexity index is 476. The van der Waals surface area contributed by atoms with Crippen LogP contribution in [0.5, 0.6) is 5.88 Å². The molecule has 2 aromatic rings. The SMILES string of the molecule is CCOc1ccnc(NCC(O)c2ccsc2)n1. The highest BCUT2D eigenvalue weighted by atomic mass is 32.1. The van der Waals surface area contributed by atoms with E-state index in [9.17, 15) is 5.11 Å². The van der Waals surface area contributed by atoms with Crippen LogP contribution in [0.15, 0.2) is 29.1 Å². The van der Waals surface area contributed by atoms with Crippen molar-refractivity contribution in [3.63, 3.8) is 0 Å². The summed E-state index contributed by atoms with van der Waals surface area (Å²) in [7, 11) is 0. The van der Waals surface area contributed by atoms with Gasteiger partial charge in [-0.05, 0) is 29.3 Å². The molecular weight excluding hydrogens is 250 g/mol. The van der Waals surface area contributed by atoms with Crippen LogP contribution in [0.2, 0.25) is 0 Å². The van der Waals surface area contributed by atoms with Crippen molar-refractivity contribution in [2.75, 3.05) is 18.5 Å². The first-order valence-corrected chi connectivity index (χ1v) is 6.63. The van der Waals surface area contributed by atoms with Gasteiger partial charge in [0.2, 0.25) is 11.8 Å². The zero-order chi connectivity index (χ0) is 12.8. The molecule has 1 atom stereocenters. The Morgan fingerprint density at radius 1 is 1.50 bits per heavy atom. The third kappa shape index (κ3) is 3.41. The molecule has 6 heteroatoms. The van der Waals surface area contributed by atoms with E-state index < -0.39 is 6.10 Å². The number of aliphatic hydroxyl groups excluding tert-OH is 1. The molecule has 0 aliphatic carbocycles. The highest BCUT2D eigenvalue weighted by Crippen LogP contribution is 2.16. The van der Waals surface area contributed by atoms with Gasteiger partial charge in [0.05, 0.1) is 12.7 Å². The van der Waals surface area contributed by atoms with E-state index in [0.29, 0.717) is 25.0 Å². The van der Waals surface area contributed by atoms with Crippen LogP contribution in [0, 0.1) is 0 Å². The number of aromatic nitrogens is 2. The molecule has 0 bridgehead atoms. The molecule has 0 aliphatic rings. The average molecular weight is 265 g/mol. The standard InChI is InChI=1S/C12H15N3O2S/c1-2-17-11-3-5-13-12(15-11)14-7-10(16)9-4-6-18-8-9/h3-6,8,10,16H,2,7H2,1H3,(H,13,14,15). The first-order valence-electron chi connectivity index (χ1n) is 5.69. The fourth-order valence-corrected chi connectivity index (χ4v) is 2.13. The molecule has 1 unspecified atom stereocenters. The second kappa shape index (κ2) is 6.32. The van der Waals surface area contributed by atoms with Gasteiger partial charge in [-0.15, -0.1) is 0 Å². The van der Waals surface area contributed by atoms with Gasteiger partial charge in [-0.1, -0.05) is 0 Å². The van der Waals surface area contributed by atoms with E-state index in [0.717, 1.165) is 5.56 Å². The summed E-state index contributed by atoms with van der Waals surface area (Å²) in [6, 6.07) is 3.60. The molecule has 0 aliphatic heterocycles. The quantitative estimate of drug-likeness (QED) is 0.837. The summed E-state index contributed by atoms with van der Waals surface area (Å²) >= 11 is 1.56. The summed E-state index contributed by atoms with van der Waals surface area (Å²) in [6.07, 6.45) is 1.06. The summed E-state index contributed by atoms with van der Waals surface area (Å²) in [6.45, 7) is 2.83. The minimum absolute atomic E-state index is 0.367. The molecule has 5 nitrogen and oxygen atoms in total. The lowest BCUT2D eigenvalue weighted by atomic mass is 10.2. The van der Waals surface area contributed by atoms with Crippen molar-refractivity contribution < 1.29 is 9.84 Å². The number of thiophene rings is 1. The Balaban J connectivity index is 1.91. The summed E-state index contributed by atoms with van der Waals surface area (Å²) in [5, 5.41) is 16.7. The van der Waals surface area contributed by atoms with Gasteiger partial charge in [-0.25, -0.2) is 4.98 Å². The summed E-state index contributed by atoms with van der Waals surface area (Å²) in [5.41, 5.74) is 0.897. The van der Waals surface area contributed by atoms with Gasteiger partial charge in [-0.2, -0.15) is 16.3 Å². The Kier molecular flexibility index (Phi) is 4.49. The van der Waals surface area contributed by atoms with Crippen molar-refractivity contribution in [3.8, 4) is 5.88 Å². The van der Waals surface area contributed by atoms with Gasteiger partial charge in [-0.3, -0.25) is 0 Å². The molecule has 2 heterocycles. The van der Waals surface area contributed by atoms with Crippen molar-refractivity contribution >= 4 is 17.3 Å². The molecule has 0 amide bonds. The van der Waals surface area contributed by atoms with Crippen LogP contribution in [-0.2, 0) is 0 Å². The van der Waals surface area contributed by atoms with Crippen LogP contribution >= 0.6 is 11.3 Å². The van der Waals surface area contributed by atoms with Crippen LogP contribution in [0.3, 0.4) is 0 Å². The molecule has 96 valence electrons. The predicted molar refractivity (Wildman–Crippen MR) is 71.0 cm³/mol. The van der Waals surface area contributed by atoms with Gasteiger partial charge in [0, 0.05) is 18.8 Å². The number of hydrogen-bond acceptors (Lipinski definition) is 6. The van der Waals surface area contributed by atoms with Crippen molar-refractivity contribution in [2.45, 2.75) is 13.0 Å². The Morgan fingerprint density at radius 3 is 3.11 bits per heavy atom. The molecule has 0 saturated heterocycles. The highest BCUT2D eigenvalue weighted by Gasteiger charge is 2.08. The molecule has 0 saturated carbocycles. The smallest absolute Gasteiger partial charge is 0.226 e. The van der Waals surface area contributed by atoms with E-state index in [-0.39, 0.29) is 0 Å². The number of anilines is 1.